The summed E-state index contributed by atoms with van der Waals surface area (Å²) in [6.07, 6.45) is 1.15. The molecule has 0 radical (unpaired) electrons. The van der Waals surface area contributed by atoms with Gasteiger partial charge in [-0.15, -0.1) is 0 Å². The van der Waals surface area contributed by atoms with E-state index in [4.69, 9.17) is 9.47 Å². The average molecular weight is 284 g/mol. The van der Waals surface area contributed by atoms with E-state index >= 15 is 0 Å². The number of aryl methyl sites for hydroxylation is 2. The summed E-state index contributed by atoms with van der Waals surface area (Å²) in [4.78, 5) is 15.7. The molecule has 108 valence electrons. The molecule has 21 heavy (non-hydrogen) atoms. The zero-order valence-corrected chi connectivity index (χ0v) is 12.3. The minimum atomic E-state index is -0.587. The van der Waals surface area contributed by atoms with Gasteiger partial charge in [-0.05, 0) is 43.5 Å². The van der Waals surface area contributed by atoms with Crippen molar-refractivity contribution in [2.24, 2.45) is 12.0 Å². The Morgan fingerprint density at radius 3 is 3.00 bits per heavy atom. The molecule has 0 spiro atoms. The first-order chi connectivity index (χ1) is 10.0. The maximum atomic E-state index is 11.6. The lowest BCUT2D eigenvalue weighted by molar-refractivity contribution is 0.0871. The largest absolute Gasteiger partial charge is 0.497 e. The molecule has 2 aliphatic rings. The molecule has 0 saturated heterocycles. The van der Waals surface area contributed by atoms with Crippen LogP contribution in [0.4, 0.5) is 4.79 Å². The number of benzene rings is 1. The van der Waals surface area contributed by atoms with Crippen LogP contribution in [-0.4, -0.2) is 29.1 Å². The Labute approximate surface area is 122 Å². The van der Waals surface area contributed by atoms with Crippen molar-refractivity contribution in [1.29, 1.82) is 0 Å². The quantitative estimate of drug-likeness (QED) is 0.809. The maximum absolute atomic E-state index is 11.6. The standard InChI is InChI=1S/C16H16N2O3/c1-16-7-6-10-11-8-9(20-3)4-5-12(11)18(2)13(10)14(16)17-15(19)21-16/h4-5,8H,6-7H2,1-3H3. The van der Waals surface area contributed by atoms with Gasteiger partial charge in [0, 0.05) is 18.0 Å². The van der Waals surface area contributed by atoms with E-state index in [0.717, 1.165) is 40.9 Å². The van der Waals surface area contributed by atoms with E-state index in [0.29, 0.717) is 0 Å². The van der Waals surface area contributed by atoms with E-state index < -0.39 is 11.7 Å². The molecule has 1 amide bonds. The molecule has 1 aromatic heterocycles. The van der Waals surface area contributed by atoms with Crippen LogP contribution >= 0.6 is 0 Å². The molecule has 5 heteroatoms. The third-order valence-corrected chi connectivity index (χ3v) is 4.60. The van der Waals surface area contributed by atoms with Crippen LogP contribution in [0.3, 0.4) is 0 Å². The van der Waals surface area contributed by atoms with Crippen molar-refractivity contribution in [2.45, 2.75) is 25.4 Å². The molecule has 5 nitrogen and oxygen atoms in total. The molecule has 0 saturated carbocycles. The lowest BCUT2D eigenvalue weighted by atomic mass is 9.82. The van der Waals surface area contributed by atoms with Gasteiger partial charge in [-0.2, -0.15) is 4.99 Å². The Kier molecular flexibility index (Phi) is 2.29. The number of hydrogen-bond acceptors (Lipinski definition) is 3. The van der Waals surface area contributed by atoms with Gasteiger partial charge in [0.2, 0.25) is 0 Å². The number of methoxy groups -OCH3 is 1. The number of rotatable bonds is 1. The first-order valence-electron chi connectivity index (χ1n) is 7.01. The second-order valence-corrected chi connectivity index (χ2v) is 5.83. The molecule has 4 rings (SSSR count). The monoisotopic (exact) mass is 284 g/mol. The number of aliphatic imine (C=N–C) groups is 1. The zero-order chi connectivity index (χ0) is 14.8. The van der Waals surface area contributed by atoms with Crippen molar-refractivity contribution in [2.75, 3.05) is 7.11 Å². The van der Waals surface area contributed by atoms with Gasteiger partial charge in [-0.25, -0.2) is 4.79 Å². The Balaban J connectivity index is 2.04. The molecule has 1 aromatic carbocycles. The molecule has 1 aliphatic heterocycles. The van der Waals surface area contributed by atoms with Gasteiger partial charge in [0.05, 0.1) is 12.8 Å². The van der Waals surface area contributed by atoms with E-state index in [1.807, 2.05) is 26.1 Å². The average Bonchev–Trinajstić information content (AvgIpc) is 2.92. The normalized spacial score (nSPS) is 23.6. The number of nitrogens with zero attached hydrogens (tertiary/aromatic N) is 2. The SMILES string of the molecule is COc1ccc2c(c1)c1c(n2C)C2=NC(=O)OC2(C)CC1. The van der Waals surface area contributed by atoms with Crippen molar-refractivity contribution >= 4 is 22.7 Å². The number of aromatic nitrogens is 1. The van der Waals surface area contributed by atoms with Crippen LogP contribution in [0.25, 0.3) is 10.9 Å². The topological polar surface area (TPSA) is 52.8 Å². The zero-order valence-electron chi connectivity index (χ0n) is 12.3. The highest BCUT2D eigenvalue weighted by molar-refractivity contribution is 6.17. The lowest BCUT2D eigenvalue weighted by Crippen LogP contribution is -2.40. The molecule has 1 unspecified atom stereocenters. The molecular formula is C16H16N2O3. The molecule has 1 atom stereocenters. The number of fused-ring (bicyclic) bond motifs is 5. The molecular weight excluding hydrogens is 268 g/mol. The summed E-state index contributed by atoms with van der Waals surface area (Å²) < 4.78 is 12.9. The summed E-state index contributed by atoms with van der Waals surface area (Å²) >= 11 is 0. The Hall–Kier alpha value is -2.30. The van der Waals surface area contributed by atoms with Crippen LogP contribution < -0.4 is 4.74 Å². The van der Waals surface area contributed by atoms with E-state index in [1.54, 1.807) is 7.11 Å². The van der Waals surface area contributed by atoms with Gasteiger partial charge >= 0.3 is 6.09 Å². The number of hydrogen-bond donors (Lipinski definition) is 0. The second-order valence-electron chi connectivity index (χ2n) is 5.83. The van der Waals surface area contributed by atoms with E-state index in [9.17, 15) is 4.79 Å². The number of ether oxygens (including phenoxy) is 2. The fourth-order valence-electron chi connectivity index (χ4n) is 3.49. The van der Waals surface area contributed by atoms with Crippen molar-refractivity contribution < 1.29 is 14.3 Å². The van der Waals surface area contributed by atoms with Crippen LogP contribution in [0, 0.1) is 0 Å². The summed E-state index contributed by atoms with van der Waals surface area (Å²) in [6, 6.07) is 6.04. The van der Waals surface area contributed by atoms with Crippen molar-refractivity contribution in [3.63, 3.8) is 0 Å². The fraction of sp³-hybridized carbons (Fsp3) is 0.375. The maximum Gasteiger partial charge on any atom is 0.434 e. The van der Waals surface area contributed by atoms with Gasteiger partial charge in [-0.1, -0.05) is 0 Å². The predicted molar refractivity (Wildman–Crippen MR) is 79.2 cm³/mol. The minimum Gasteiger partial charge on any atom is -0.497 e. The number of carbonyl (C=O) groups is 1. The summed E-state index contributed by atoms with van der Waals surface area (Å²) in [5.74, 6) is 0.838. The van der Waals surface area contributed by atoms with Crippen molar-refractivity contribution in [3.8, 4) is 5.75 Å². The van der Waals surface area contributed by atoms with Crippen LogP contribution in [0.5, 0.6) is 5.75 Å². The van der Waals surface area contributed by atoms with Gasteiger partial charge in [0.15, 0.2) is 5.60 Å². The van der Waals surface area contributed by atoms with Gasteiger partial charge < -0.3 is 14.0 Å². The van der Waals surface area contributed by atoms with E-state index in [2.05, 4.69) is 15.6 Å². The molecule has 1 aliphatic carbocycles. The fourth-order valence-corrected chi connectivity index (χ4v) is 3.49. The highest BCUT2D eigenvalue weighted by Gasteiger charge is 2.46. The Bertz CT molecular complexity index is 819. The molecule has 2 aromatic rings. The van der Waals surface area contributed by atoms with E-state index in [-0.39, 0.29) is 0 Å². The van der Waals surface area contributed by atoms with Crippen LogP contribution in [0.2, 0.25) is 0 Å². The first-order valence-corrected chi connectivity index (χ1v) is 7.01. The minimum absolute atomic E-state index is 0.483. The second kappa shape index (κ2) is 3.87. The first kappa shape index (κ1) is 12.4. The highest BCUT2D eigenvalue weighted by atomic mass is 16.6. The third kappa shape index (κ3) is 1.51. The third-order valence-electron chi connectivity index (χ3n) is 4.60. The molecule has 2 heterocycles. The summed E-state index contributed by atoms with van der Waals surface area (Å²) in [7, 11) is 3.67. The predicted octanol–water partition coefficient (Wildman–Crippen LogP) is 2.83. The number of carbonyl (C=O) groups excluding carboxylic acids is 1. The van der Waals surface area contributed by atoms with E-state index in [1.165, 1.54) is 5.56 Å². The van der Waals surface area contributed by atoms with Crippen LogP contribution in [-0.2, 0) is 18.2 Å². The van der Waals surface area contributed by atoms with Crippen molar-refractivity contribution in [1.82, 2.24) is 4.57 Å². The summed E-state index contributed by atoms with van der Waals surface area (Å²) in [5.41, 5.74) is 3.52. The van der Waals surface area contributed by atoms with Gasteiger partial charge in [0.25, 0.3) is 0 Å². The summed E-state index contributed by atoms with van der Waals surface area (Å²) in [6.45, 7) is 1.94. The molecule has 0 fully saturated rings. The lowest BCUT2D eigenvalue weighted by Gasteiger charge is -2.29. The van der Waals surface area contributed by atoms with Gasteiger partial charge in [-0.3, -0.25) is 0 Å². The van der Waals surface area contributed by atoms with Crippen LogP contribution in [0.1, 0.15) is 24.6 Å². The summed E-state index contributed by atoms with van der Waals surface area (Å²) in [5, 5.41) is 1.16. The van der Waals surface area contributed by atoms with Gasteiger partial charge in [0.1, 0.15) is 11.5 Å². The van der Waals surface area contributed by atoms with Crippen molar-refractivity contribution in [3.05, 3.63) is 29.5 Å². The Morgan fingerprint density at radius 2 is 2.24 bits per heavy atom. The molecule has 0 N–H and O–H groups in total. The molecule has 0 bridgehead atoms. The highest BCUT2D eigenvalue weighted by Crippen LogP contribution is 2.40. The van der Waals surface area contributed by atoms with Crippen LogP contribution in [0.15, 0.2) is 23.2 Å². The smallest absolute Gasteiger partial charge is 0.434 e. The number of amides is 1. The Morgan fingerprint density at radius 1 is 1.43 bits per heavy atom.